The number of rotatable bonds is 3. The molecule has 1 aromatic rings. The first kappa shape index (κ1) is 17.9. The minimum absolute atomic E-state index is 0.0530. The van der Waals surface area contributed by atoms with Crippen LogP contribution in [0.2, 0.25) is 0 Å². The Balaban J connectivity index is 1.32. The van der Waals surface area contributed by atoms with Gasteiger partial charge in [0.15, 0.2) is 0 Å². The molecule has 1 atom stereocenters. The molecule has 156 valence electrons. The summed E-state index contributed by atoms with van der Waals surface area (Å²) in [5.74, 6) is 1.91. The molecule has 6 aliphatic rings. The number of hydrogen-bond donors (Lipinski definition) is 0. The number of nitrogens with zero attached hydrogens (tertiary/aromatic N) is 5. The smallest absolute Gasteiger partial charge is 0.320 e. The number of carbonyl (C=O) groups excluding carboxylic acids is 1. The van der Waals surface area contributed by atoms with Crippen LogP contribution in [0.4, 0.5) is 5.69 Å². The highest BCUT2D eigenvalue weighted by Gasteiger charge is 2.53. The van der Waals surface area contributed by atoms with Gasteiger partial charge in [-0.3, -0.25) is 24.5 Å². The lowest BCUT2D eigenvalue weighted by atomic mass is 9.53. The monoisotopic (exact) mass is 399 g/mol. The van der Waals surface area contributed by atoms with E-state index in [1.807, 2.05) is 4.68 Å². The fourth-order valence-electron chi connectivity index (χ4n) is 7.56. The van der Waals surface area contributed by atoms with Crippen molar-refractivity contribution in [2.24, 2.45) is 17.8 Å². The van der Waals surface area contributed by atoms with Gasteiger partial charge < -0.3 is 4.90 Å². The highest BCUT2D eigenvalue weighted by atomic mass is 16.6. The molecule has 2 saturated heterocycles. The van der Waals surface area contributed by atoms with Crippen LogP contribution in [0.15, 0.2) is 6.20 Å². The summed E-state index contributed by atoms with van der Waals surface area (Å²) >= 11 is 0. The summed E-state index contributed by atoms with van der Waals surface area (Å²) in [6.45, 7) is 3.27. The van der Waals surface area contributed by atoms with Gasteiger partial charge in [-0.1, -0.05) is 0 Å². The van der Waals surface area contributed by atoms with Gasteiger partial charge in [0.1, 0.15) is 6.20 Å². The Bertz CT molecular complexity index is 829. The Morgan fingerprint density at radius 3 is 2.45 bits per heavy atom. The van der Waals surface area contributed by atoms with Crippen molar-refractivity contribution in [2.75, 3.05) is 26.2 Å². The van der Waals surface area contributed by atoms with Crippen molar-refractivity contribution in [1.29, 1.82) is 0 Å². The number of carbonyl (C=O) groups is 1. The summed E-state index contributed by atoms with van der Waals surface area (Å²) in [6.07, 6.45) is 11.0. The largest absolute Gasteiger partial charge is 0.334 e. The minimum atomic E-state index is -0.414. The van der Waals surface area contributed by atoms with E-state index in [9.17, 15) is 14.9 Å². The first-order valence-electron chi connectivity index (χ1n) is 11.3. The first-order chi connectivity index (χ1) is 14.0. The van der Waals surface area contributed by atoms with Crippen molar-refractivity contribution >= 4 is 11.6 Å². The third-order valence-corrected chi connectivity index (χ3v) is 8.46. The van der Waals surface area contributed by atoms with E-state index in [2.05, 4.69) is 10.00 Å². The van der Waals surface area contributed by atoms with E-state index in [1.54, 1.807) is 11.1 Å². The van der Waals surface area contributed by atoms with Crippen LogP contribution in [0, 0.1) is 27.9 Å². The SMILES string of the molecule is O=C(c1nn(C23CC4CC(CC(C4)C2)C3)cc1[N+](=O)[O-])N1CCN2CCC[C@H]2C1. The van der Waals surface area contributed by atoms with E-state index in [0.29, 0.717) is 19.1 Å². The first-order valence-corrected chi connectivity index (χ1v) is 11.3. The van der Waals surface area contributed by atoms with E-state index in [-0.39, 0.29) is 22.8 Å². The van der Waals surface area contributed by atoms with Gasteiger partial charge in [-0.05, 0) is 75.7 Å². The summed E-state index contributed by atoms with van der Waals surface area (Å²) in [5.41, 5.74) is -0.167. The molecule has 0 N–H and O–H groups in total. The van der Waals surface area contributed by atoms with Crippen LogP contribution in [0.3, 0.4) is 0 Å². The molecule has 6 fully saturated rings. The van der Waals surface area contributed by atoms with Crippen molar-refractivity contribution in [3.8, 4) is 0 Å². The lowest BCUT2D eigenvalue weighted by Crippen LogP contribution is -2.53. The van der Waals surface area contributed by atoms with Gasteiger partial charge in [0.05, 0.1) is 10.5 Å². The number of aromatic nitrogens is 2. The topological polar surface area (TPSA) is 84.5 Å². The summed E-state index contributed by atoms with van der Waals surface area (Å²) in [5, 5.41) is 16.5. The Labute approximate surface area is 170 Å². The summed E-state index contributed by atoms with van der Waals surface area (Å²) in [4.78, 5) is 28.9. The van der Waals surface area contributed by atoms with E-state index in [1.165, 1.54) is 25.7 Å². The zero-order valence-electron chi connectivity index (χ0n) is 16.8. The van der Waals surface area contributed by atoms with Gasteiger partial charge in [-0.2, -0.15) is 5.10 Å². The molecule has 0 radical (unpaired) electrons. The summed E-state index contributed by atoms with van der Waals surface area (Å²) < 4.78 is 1.86. The molecule has 0 spiro atoms. The molecule has 7 rings (SSSR count). The molecule has 1 aromatic heterocycles. The van der Waals surface area contributed by atoms with E-state index in [4.69, 9.17) is 0 Å². The van der Waals surface area contributed by atoms with E-state index < -0.39 is 4.92 Å². The van der Waals surface area contributed by atoms with Gasteiger partial charge >= 0.3 is 5.69 Å². The maximum Gasteiger partial charge on any atom is 0.320 e. The lowest BCUT2D eigenvalue weighted by Gasteiger charge is -2.56. The van der Waals surface area contributed by atoms with Crippen LogP contribution in [-0.2, 0) is 5.54 Å². The maximum absolute atomic E-state index is 13.3. The number of nitro groups is 1. The van der Waals surface area contributed by atoms with Crippen molar-refractivity contribution in [1.82, 2.24) is 19.6 Å². The second-order valence-corrected chi connectivity index (χ2v) is 10.3. The highest BCUT2D eigenvalue weighted by molar-refractivity contribution is 5.96. The molecule has 4 saturated carbocycles. The Kier molecular flexibility index (Phi) is 3.86. The fourth-order valence-corrected chi connectivity index (χ4v) is 7.56. The van der Waals surface area contributed by atoms with Crippen LogP contribution in [-0.4, -0.2) is 62.6 Å². The molecule has 29 heavy (non-hydrogen) atoms. The average Bonchev–Trinajstić information content (AvgIpc) is 3.33. The fraction of sp³-hybridized carbons (Fsp3) is 0.810. The van der Waals surface area contributed by atoms with Crippen LogP contribution in [0.5, 0.6) is 0 Å². The molecule has 0 unspecified atom stereocenters. The zero-order valence-corrected chi connectivity index (χ0v) is 16.8. The molecule has 0 aromatic carbocycles. The van der Waals surface area contributed by atoms with Crippen LogP contribution in [0.1, 0.15) is 61.9 Å². The quantitative estimate of drug-likeness (QED) is 0.576. The molecule has 4 aliphatic carbocycles. The van der Waals surface area contributed by atoms with Gasteiger partial charge in [0, 0.05) is 25.7 Å². The van der Waals surface area contributed by atoms with Crippen LogP contribution < -0.4 is 0 Å². The normalized spacial score (nSPS) is 38.4. The molecular formula is C21H29N5O3. The standard InChI is InChI=1S/C21H29N5O3/c27-20(24-5-4-23-3-1-2-17(23)12-24)19-18(26(28)29)13-25(22-19)21-9-14-6-15(10-21)8-16(7-14)11-21/h13-17H,1-12H2/t14?,15?,16?,17-,21?/m0/s1. The molecule has 1 amide bonds. The van der Waals surface area contributed by atoms with E-state index in [0.717, 1.165) is 56.5 Å². The minimum Gasteiger partial charge on any atom is -0.334 e. The van der Waals surface area contributed by atoms with Crippen molar-refractivity contribution in [2.45, 2.75) is 62.9 Å². The average molecular weight is 399 g/mol. The number of piperazine rings is 1. The third-order valence-electron chi connectivity index (χ3n) is 8.46. The molecule has 8 heteroatoms. The van der Waals surface area contributed by atoms with Gasteiger partial charge in [-0.15, -0.1) is 0 Å². The highest BCUT2D eigenvalue weighted by Crippen LogP contribution is 2.58. The van der Waals surface area contributed by atoms with Crippen molar-refractivity contribution < 1.29 is 9.72 Å². The second kappa shape index (κ2) is 6.27. The van der Waals surface area contributed by atoms with Gasteiger partial charge in [0.2, 0.25) is 5.69 Å². The Morgan fingerprint density at radius 2 is 1.79 bits per heavy atom. The zero-order chi connectivity index (χ0) is 19.8. The summed E-state index contributed by atoms with van der Waals surface area (Å²) in [7, 11) is 0. The predicted octanol–water partition coefficient (Wildman–Crippen LogP) is 2.64. The van der Waals surface area contributed by atoms with Gasteiger partial charge in [-0.25, -0.2) is 0 Å². The third kappa shape index (κ3) is 2.75. The number of hydrogen-bond acceptors (Lipinski definition) is 5. The van der Waals surface area contributed by atoms with Crippen molar-refractivity contribution in [3.05, 3.63) is 22.0 Å². The second-order valence-electron chi connectivity index (χ2n) is 10.3. The van der Waals surface area contributed by atoms with Crippen LogP contribution >= 0.6 is 0 Å². The van der Waals surface area contributed by atoms with Gasteiger partial charge in [0.25, 0.3) is 5.91 Å². The van der Waals surface area contributed by atoms with Crippen molar-refractivity contribution in [3.63, 3.8) is 0 Å². The lowest BCUT2D eigenvalue weighted by molar-refractivity contribution is -0.385. The number of amides is 1. The maximum atomic E-state index is 13.3. The number of fused-ring (bicyclic) bond motifs is 1. The molecular weight excluding hydrogens is 370 g/mol. The molecule has 2 aliphatic heterocycles. The molecule has 4 bridgehead atoms. The van der Waals surface area contributed by atoms with E-state index >= 15 is 0 Å². The van der Waals surface area contributed by atoms with Crippen LogP contribution in [0.25, 0.3) is 0 Å². The summed E-state index contributed by atoms with van der Waals surface area (Å²) in [6, 6.07) is 0.400. The Morgan fingerprint density at radius 1 is 1.10 bits per heavy atom. The molecule has 8 nitrogen and oxygen atoms in total. The molecule has 3 heterocycles. The Hall–Kier alpha value is -1.96. The predicted molar refractivity (Wildman–Crippen MR) is 106 cm³/mol.